The number of terminal acetylenes is 1. The third-order valence-corrected chi connectivity index (χ3v) is 1.70. The summed E-state index contributed by atoms with van der Waals surface area (Å²) in [5.41, 5.74) is 6.49. The zero-order chi connectivity index (χ0) is 11.1. The molecule has 15 heavy (non-hydrogen) atoms. The van der Waals surface area contributed by atoms with Crippen LogP contribution in [0.1, 0.15) is 5.56 Å². The van der Waals surface area contributed by atoms with Crippen LogP contribution in [-0.2, 0) is 4.74 Å². The standard InChI is InChI=1S/C11H12N2O2/c1-2-9-4-3-5-10(8-9)13-6-7-15-11(12)14/h1,3-5,8,13H,6-7H2,(H2,12,14). The fourth-order valence-electron chi connectivity index (χ4n) is 1.07. The average Bonchev–Trinajstić information content (AvgIpc) is 2.24. The van der Waals surface area contributed by atoms with Crippen molar-refractivity contribution in [2.75, 3.05) is 18.5 Å². The largest absolute Gasteiger partial charge is 0.448 e. The van der Waals surface area contributed by atoms with E-state index in [4.69, 9.17) is 12.2 Å². The number of amides is 1. The number of ether oxygens (including phenoxy) is 1. The minimum atomic E-state index is -0.769. The highest BCUT2D eigenvalue weighted by molar-refractivity contribution is 5.64. The molecule has 0 bridgehead atoms. The summed E-state index contributed by atoms with van der Waals surface area (Å²) >= 11 is 0. The number of carbonyl (C=O) groups excluding carboxylic acids is 1. The van der Waals surface area contributed by atoms with E-state index in [0.29, 0.717) is 6.54 Å². The highest BCUT2D eigenvalue weighted by Crippen LogP contribution is 2.08. The zero-order valence-corrected chi connectivity index (χ0v) is 8.19. The van der Waals surface area contributed by atoms with Crippen LogP contribution in [0.15, 0.2) is 24.3 Å². The summed E-state index contributed by atoms with van der Waals surface area (Å²) in [4.78, 5) is 10.3. The Balaban J connectivity index is 2.38. The van der Waals surface area contributed by atoms with Gasteiger partial charge in [-0.05, 0) is 18.2 Å². The zero-order valence-electron chi connectivity index (χ0n) is 8.19. The molecule has 0 atom stereocenters. The maximum atomic E-state index is 10.3. The molecule has 0 saturated heterocycles. The van der Waals surface area contributed by atoms with Gasteiger partial charge in [-0.1, -0.05) is 12.0 Å². The molecule has 78 valence electrons. The quantitative estimate of drug-likeness (QED) is 0.571. The first-order valence-electron chi connectivity index (χ1n) is 4.45. The van der Waals surface area contributed by atoms with E-state index in [9.17, 15) is 4.79 Å². The minimum Gasteiger partial charge on any atom is -0.448 e. The summed E-state index contributed by atoms with van der Waals surface area (Å²) in [6.45, 7) is 0.729. The first-order valence-corrected chi connectivity index (χ1v) is 4.45. The summed E-state index contributed by atoms with van der Waals surface area (Å²) in [6, 6.07) is 7.41. The van der Waals surface area contributed by atoms with Crippen LogP contribution in [0.25, 0.3) is 0 Å². The lowest BCUT2D eigenvalue weighted by Gasteiger charge is -2.06. The van der Waals surface area contributed by atoms with Crippen molar-refractivity contribution >= 4 is 11.8 Å². The molecule has 3 N–H and O–H groups in total. The lowest BCUT2D eigenvalue weighted by molar-refractivity contribution is 0.161. The molecule has 1 aromatic carbocycles. The van der Waals surface area contributed by atoms with Gasteiger partial charge >= 0.3 is 6.09 Å². The van der Waals surface area contributed by atoms with Crippen LogP contribution in [-0.4, -0.2) is 19.2 Å². The van der Waals surface area contributed by atoms with Crippen LogP contribution in [0.5, 0.6) is 0 Å². The van der Waals surface area contributed by atoms with Crippen molar-refractivity contribution in [1.29, 1.82) is 0 Å². The Bertz CT molecular complexity index is 382. The Hall–Kier alpha value is -2.15. The highest BCUT2D eigenvalue weighted by Gasteiger charge is 1.95. The van der Waals surface area contributed by atoms with Crippen LogP contribution in [0, 0.1) is 12.3 Å². The molecule has 0 radical (unpaired) electrons. The van der Waals surface area contributed by atoms with E-state index in [2.05, 4.69) is 16.0 Å². The SMILES string of the molecule is C#Cc1cccc(NCCOC(N)=O)c1. The first-order chi connectivity index (χ1) is 7.22. The summed E-state index contributed by atoms with van der Waals surface area (Å²) in [6.07, 6.45) is 4.48. The van der Waals surface area contributed by atoms with Gasteiger partial charge in [0, 0.05) is 17.8 Å². The maximum Gasteiger partial charge on any atom is 0.404 e. The van der Waals surface area contributed by atoms with Crippen molar-refractivity contribution in [2.24, 2.45) is 5.73 Å². The van der Waals surface area contributed by atoms with Gasteiger partial charge in [0.15, 0.2) is 0 Å². The van der Waals surface area contributed by atoms with Crippen molar-refractivity contribution in [2.45, 2.75) is 0 Å². The Morgan fingerprint density at radius 1 is 1.60 bits per heavy atom. The van der Waals surface area contributed by atoms with E-state index in [-0.39, 0.29) is 6.61 Å². The minimum absolute atomic E-state index is 0.232. The van der Waals surface area contributed by atoms with Crippen LogP contribution < -0.4 is 11.1 Å². The van der Waals surface area contributed by atoms with Gasteiger partial charge in [0.25, 0.3) is 0 Å². The maximum absolute atomic E-state index is 10.3. The Morgan fingerprint density at radius 3 is 3.07 bits per heavy atom. The third kappa shape index (κ3) is 4.05. The third-order valence-electron chi connectivity index (χ3n) is 1.70. The topological polar surface area (TPSA) is 64.3 Å². The van der Waals surface area contributed by atoms with E-state index in [1.807, 2.05) is 24.3 Å². The molecule has 0 aromatic heterocycles. The highest BCUT2D eigenvalue weighted by atomic mass is 16.5. The molecule has 0 spiro atoms. The Morgan fingerprint density at radius 2 is 2.40 bits per heavy atom. The molecular formula is C11H12N2O2. The molecule has 0 fully saturated rings. The van der Waals surface area contributed by atoms with Gasteiger partial charge in [0.05, 0.1) is 0 Å². The average molecular weight is 204 g/mol. The molecule has 1 rings (SSSR count). The molecule has 1 amide bonds. The number of nitrogens with one attached hydrogen (secondary N) is 1. The van der Waals surface area contributed by atoms with Crippen molar-refractivity contribution < 1.29 is 9.53 Å². The van der Waals surface area contributed by atoms with Gasteiger partial charge in [-0.3, -0.25) is 0 Å². The summed E-state index contributed by atoms with van der Waals surface area (Å²) < 4.78 is 4.56. The van der Waals surface area contributed by atoms with Crippen LogP contribution >= 0.6 is 0 Å². The fraction of sp³-hybridized carbons (Fsp3) is 0.182. The summed E-state index contributed by atoms with van der Waals surface area (Å²) in [7, 11) is 0. The van der Waals surface area contributed by atoms with E-state index in [1.54, 1.807) is 0 Å². The van der Waals surface area contributed by atoms with E-state index < -0.39 is 6.09 Å². The lowest BCUT2D eigenvalue weighted by Crippen LogP contribution is -2.18. The lowest BCUT2D eigenvalue weighted by atomic mass is 10.2. The molecule has 4 nitrogen and oxygen atoms in total. The second-order valence-corrected chi connectivity index (χ2v) is 2.82. The molecule has 0 heterocycles. The number of primary amides is 1. The van der Waals surface area contributed by atoms with Crippen LogP contribution in [0.3, 0.4) is 0 Å². The fourth-order valence-corrected chi connectivity index (χ4v) is 1.07. The summed E-state index contributed by atoms with van der Waals surface area (Å²) in [5, 5.41) is 3.05. The second kappa shape index (κ2) is 5.55. The van der Waals surface area contributed by atoms with Crippen LogP contribution in [0.4, 0.5) is 10.5 Å². The van der Waals surface area contributed by atoms with Crippen molar-refractivity contribution in [3.05, 3.63) is 29.8 Å². The normalized spacial score (nSPS) is 9.00. The monoisotopic (exact) mass is 204 g/mol. The van der Waals surface area contributed by atoms with Gasteiger partial charge in [-0.15, -0.1) is 6.42 Å². The Labute approximate surface area is 88.4 Å². The summed E-state index contributed by atoms with van der Waals surface area (Å²) in [5.74, 6) is 2.53. The number of benzene rings is 1. The number of nitrogens with two attached hydrogens (primary N) is 1. The predicted octanol–water partition coefficient (Wildman–Crippen LogP) is 1.18. The van der Waals surface area contributed by atoms with Crippen molar-refractivity contribution in [3.63, 3.8) is 0 Å². The van der Waals surface area contributed by atoms with Crippen molar-refractivity contribution in [1.82, 2.24) is 0 Å². The smallest absolute Gasteiger partial charge is 0.404 e. The molecule has 4 heteroatoms. The molecule has 1 aromatic rings. The first kappa shape index (κ1) is 10.9. The number of anilines is 1. The number of carbonyl (C=O) groups is 1. The second-order valence-electron chi connectivity index (χ2n) is 2.82. The van der Waals surface area contributed by atoms with Gasteiger partial charge in [0.2, 0.25) is 0 Å². The molecule has 0 unspecified atom stereocenters. The number of rotatable bonds is 4. The van der Waals surface area contributed by atoms with Gasteiger partial charge < -0.3 is 15.8 Å². The van der Waals surface area contributed by atoms with E-state index in [1.165, 1.54) is 0 Å². The Kier molecular flexibility index (Phi) is 4.05. The predicted molar refractivity (Wildman–Crippen MR) is 58.4 cm³/mol. The molecular weight excluding hydrogens is 192 g/mol. The van der Waals surface area contributed by atoms with Crippen molar-refractivity contribution in [3.8, 4) is 12.3 Å². The van der Waals surface area contributed by atoms with Gasteiger partial charge in [-0.25, -0.2) is 4.79 Å². The van der Waals surface area contributed by atoms with Gasteiger partial charge in [0.1, 0.15) is 6.61 Å². The molecule has 0 aliphatic rings. The van der Waals surface area contributed by atoms with E-state index in [0.717, 1.165) is 11.3 Å². The number of hydrogen-bond donors (Lipinski definition) is 2. The van der Waals surface area contributed by atoms with Gasteiger partial charge in [-0.2, -0.15) is 0 Å². The number of hydrogen-bond acceptors (Lipinski definition) is 3. The van der Waals surface area contributed by atoms with Crippen LogP contribution in [0.2, 0.25) is 0 Å². The molecule has 0 aliphatic heterocycles. The molecule has 0 aliphatic carbocycles. The molecule has 0 saturated carbocycles. The van der Waals surface area contributed by atoms with E-state index >= 15 is 0 Å².